The van der Waals surface area contributed by atoms with Crippen LogP contribution in [0.4, 0.5) is 0 Å². The van der Waals surface area contributed by atoms with E-state index >= 15 is 0 Å². The van der Waals surface area contributed by atoms with E-state index in [2.05, 4.69) is 4.98 Å². The fourth-order valence-electron chi connectivity index (χ4n) is 0.405. The predicted molar refractivity (Wildman–Crippen MR) is 31.6 cm³/mol. The molecule has 0 saturated carbocycles. The van der Waals surface area contributed by atoms with Crippen LogP contribution >= 0.6 is 11.3 Å². The zero-order valence-electron chi connectivity index (χ0n) is 4.38. The molecule has 0 spiro atoms. The minimum absolute atomic E-state index is 0.544. The molecule has 0 bridgehead atoms. The lowest BCUT2D eigenvalue weighted by atomic mass is 10.6. The highest BCUT2D eigenvalue weighted by Crippen LogP contribution is 2.05. The average molecular weight is 124 g/mol. The van der Waals surface area contributed by atoms with Gasteiger partial charge in [-0.1, -0.05) is 0 Å². The highest BCUT2D eigenvalue weighted by molar-refractivity contribution is 7.10. The molecule has 1 heterocycles. The van der Waals surface area contributed by atoms with Gasteiger partial charge in [0.2, 0.25) is 0 Å². The van der Waals surface area contributed by atoms with Crippen LogP contribution in [-0.2, 0) is 0 Å². The van der Waals surface area contributed by atoms with Crippen molar-refractivity contribution in [3.8, 4) is 6.07 Å². The second-order valence-electron chi connectivity index (χ2n) is 1.41. The molecule has 0 fully saturated rings. The lowest BCUT2D eigenvalue weighted by Crippen LogP contribution is -1.69. The van der Waals surface area contributed by atoms with Crippen LogP contribution in [-0.4, -0.2) is 4.98 Å². The topological polar surface area (TPSA) is 36.7 Å². The number of nitriles is 1. The van der Waals surface area contributed by atoms with Gasteiger partial charge in [-0.25, -0.2) is 4.98 Å². The minimum Gasteiger partial charge on any atom is -0.231 e. The van der Waals surface area contributed by atoms with E-state index in [4.69, 9.17) is 5.26 Å². The van der Waals surface area contributed by atoms with Gasteiger partial charge in [0.15, 0.2) is 5.01 Å². The summed E-state index contributed by atoms with van der Waals surface area (Å²) in [6.07, 6.45) is 0. The van der Waals surface area contributed by atoms with E-state index in [1.165, 1.54) is 11.3 Å². The van der Waals surface area contributed by atoms with E-state index < -0.39 is 0 Å². The SMILES string of the molecule is Cc1csc(C#N)n1. The Morgan fingerprint density at radius 1 is 1.88 bits per heavy atom. The molecular formula is C5H4N2S. The quantitative estimate of drug-likeness (QED) is 0.523. The number of nitrogens with zero attached hydrogens (tertiary/aromatic N) is 2. The molecule has 1 aromatic rings. The first kappa shape index (κ1) is 5.26. The van der Waals surface area contributed by atoms with Gasteiger partial charge >= 0.3 is 0 Å². The second-order valence-corrected chi connectivity index (χ2v) is 2.26. The van der Waals surface area contributed by atoms with Crippen LogP contribution in [0.1, 0.15) is 10.7 Å². The van der Waals surface area contributed by atoms with Crippen molar-refractivity contribution in [1.29, 1.82) is 5.26 Å². The summed E-state index contributed by atoms with van der Waals surface area (Å²) < 4.78 is 0. The molecule has 0 aliphatic carbocycles. The van der Waals surface area contributed by atoms with E-state index in [0.29, 0.717) is 5.01 Å². The highest BCUT2D eigenvalue weighted by Gasteiger charge is 1.91. The molecule has 0 aliphatic rings. The zero-order chi connectivity index (χ0) is 5.98. The summed E-state index contributed by atoms with van der Waals surface area (Å²) in [5, 5.41) is 10.7. The number of hydrogen-bond acceptors (Lipinski definition) is 3. The van der Waals surface area contributed by atoms with Crippen molar-refractivity contribution in [3.63, 3.8) is 0 Å². The van der Waals surface area contributed by atoms with Crippen molar-refractivity contribution in [2.24, 2.45) is 0 Å². The molecule has 8 heavy (non-hydrogen) atoms. The zero-order valence-corrected chi connectivity index (χ0v) is 5.20. The summed E-state index contributed by atoms with van der Waals surface area (Å²) in [6, 6.07) is 1.96. The molecule has 1 aromatic heterocycles. The lowest BCUT2D eigenvalue weighted by molar-refractivity contribution is 1.24. The van der Waals surface area contributed by atoms with Crippen LogP contribution in [0.3, 0.4) is 0 Å². The summed E-state index contributed by atoms with van der Waals surface area (Å²) in [4.78, 5) is 3.89. The Hall–Kier alpha value is -0.880. The smallest absolute Gasteiger partial charge is 0.194 e. The molecule has 0 amide bonds. The molecule has 0 unspecified atom stereocenters. The fourth-order valence-corrected chi connectivity index (χ4v) is 0.990. The van der Waals surface area contributed by atoms with Crippen LogP contribution in [0.5, 0.6) is 0 Å². The third-order valence-electron chi connectivity index (χ3n) is 0.715. The largest absolute Gasteiger partial charge is 0.231 e. The number of rotatable bonds is 0. The van der Waals surface area contributed by atoms with E-state index in [-0.39, 0.29) is 0 Å². The maximum atomic E-state index is 8.25. The standard InChI is InChI=1S/C5H4N2S/c1-4-3-8-5(2-6)7-4/h3H,1H3. The van der Waals surface area contributed by atoms with Gasteiger partial charge in [0.25, 0.3) is 0 Å². The molecular weight excluding hydrogens is 120 g/mol. The average Bonchev–Trinajstić information content (AvgIpc) is 2.14. The Labute approximate surface area is 51.4 Å². The number of aromatic nitrogens is 1. The Kier molecular flexibility index (Phi) is 1.27. The molecule has 0 atom stereocenters. The van der Waals surface area contributed by atoms with E-state index in [9.17, 15) is 0 Å². The Morgan fingerprint density at radius 3 is 2.88 bits per heavy atom. The molecule has 0 saturated heterocycles. The first-order valence-corrected chi connectivity index (χ1v) is 3.03. The van der Waals surface area contributed by atoms with Crippen molar-refractivity contribution >= 4 is 11.3 Å². The van der Waals surface area contributed by atoms with Crippen molar-refractivity contribution in [1.82, 2.24) is 4.98 Å². The maximum Gasteiger partial charge on any atom is 0.194 e. The third kappa shape index (κ3) is 0.849. The lowest BCUT2D eigenvalue weighted by Gasteiger charge is -1.68. The van der Waals surface area contributed by atoms with Crippen molar-refractivity contribution < 1.29 is 0 Å². The summed E-state index contributed by atoms with van der Waals surface area (Å²) >= 11 is 1.38. The molecule has 1 rings (SSSR count). The summed E-state index contributed by atoms with van der Waals surface area (Å²) in [5.41, 5.74) is 0.923. The van der Waals surface area contributed by atoms with Crippen LogP contribution in [0, 0.1) is 18.3 Å². The molecule has 0 N–H and O–H groups in total. The van der Waals surface area contributed by atoms with Crippen LogP contribution in [0.2, 0.25) is 0 Å². The Bertz CT molecular complexity index is 221. The van der Waals surface area contributed by atoms with E-state index in [1.54, 1.807) is 0 Å². The number of hydrogen-bond donors (Lipinski definition) is 0. The molecule has 0 radical (unpaired) electrons. The molecule has 0 aromatic carbocycles. The number of thiazole rings is 1. The first-order chi connectivity index (χ1) is 3.83. The van der Waals surface area contributed by atoms with Gasteiger partial charge in [-0.05, 0) is 6.92 Å². The first-order valence-electron chi connectivity index (χ1n) is 2.15. The van der Waals surface area contributed by atoms with Crippen molar-refractivity contribution in [3.05, 3.63) is 16.1 Å². The Balaban J connectivity index is 3.05. The van der Waals surface area contributed by atoms with Gasteiger partial charge in [0, 0.05) is 11.1 Å². The van der Waals surface area contributed by atoms with Gasteiger partial charge in [-0.2, -0.15) is 5.26 Å². The summed E-state index contributed by atoms with van der Waals surface area (Å²) in [6.45, 7) is 1.87. The normalized spacial score (nSPS) is 8.50. The fraction of sp³-hybridized carbons (Fsp3) is 0.200. The van der Waals surface area contributed by atoms with E-state index in [1.807, 2.05) is 18.4 Å². The van der Waals surface area contributed by atoms with Gasteiger partial charge in [0.1, 0.15) is 6.07 Å². The highest BCUT2D eigenvalue weighted by atomic mass is 32.1. The van der Waals surface area contributed by atoms with Gasteiger partial charge in [-0.15, -0.1) is 11.3 Å². The summed E-state index contributed by atoms with van der Waals surface area (Å²) in [5.74, 6) is 0. The van der Waals surface area contributed by atoms with Crippen LogP contribution < -0.4 is 0 Å². The molecule has 0 aliphatic heterocycles. The van der Waals surface area contributed by atoms with Crippen molar-refractivity contribution in [2.45, 2.75) is 6.92 Å². The predicted octanol–water partition coefficient (Wildman–Crippen LogP) is 1.32. The minimum atomic E-state index is 0.544. The molecule has 2 nitrogen and oxygen atoms in total. The Morgan fingerprint density at radius 2 is 2.62 bits per heavy atom. The monoisotopic (exact) mass is 124 g/mol. The third-order valence-corrected chi connectivity index (χ3v) is 1.58. The molecule has 3 heteroatoms. The second kappa shape index (κ2) is 1.93. The van der Waals surface area contributed by atoms with E-state index in [0.717, 1.165) is 5.69 Å². The van der Waals surface area contributed by atoms with Gasteiger partial charge in [-0.3, -0.25) is 0 Å². The van der Waals surface area contributed by atoms with Crippen LogP contribution in [0.25, 0.3) is 0 Å². The molecule has 40 valence electrons. The van der Waals surface area contributed by atoms with Gasteiger partial charge in [0.05, 0.1) is 0 Å². The number of aryl methyl sites for hydroxylation is 1. The van der Waals surface area contributed by atoms with Crippen LogP contribution in [0.15, 0.2) is 5.38 Å². The van der Waals surface area contributed by atoms with Crippen molar-refractivity contribution in [2.75, 3.05) is 0 Å². The summed E-state index contributed by atoms with van der Waals surface area (Å²) in [7, 11) is 0. The maximum absolute atomic E-state index is 8.25. The van der Waals surface area contributed by atoms with Gasteiger partial charge < -0.3 is 0 Å².